The zero-order valence-electron chi connectivity index (χ0n) is 13.4. The van der Waals surface area contributed by atoms with Crippen molar-refractivity contribution in [1.29, 1.82) is 5.26 Å². The summed E-state index contributed by atoms with van der Waals surface area (Å²) in [4.78, 5) is 1.01. The Morgan fingerprint density at radius 2 is 1.92 bits per heavy atom. The SMILES string of the molecule is CCn1c2ccccc2c2cc(C=C(C#N)c3cccs3)ccc21. The van der Waals surface area contributed by atoms with Crippen molar-refractivity contribution in [3.8, 4) is 6.07 Å². The highest BCUT2D eigenvalue weighted by molar-refractivity contribution is 7.11. The number of aromatic nitrogens is 1. The largest absolute Gasteiger partial charge is 0.341 e. The van der Waals surface area contributed by atoms with E-state index in [-0.39, 0.29) is 0 Å². The van der Waals surface area contributed by atoms with Gasteiger partial charge in [-0.3, -0.25) is 0 Å². The average molecular weight is 328 g/mol. The molecular weight excluding hydrogens is 312 g/mol. The Bertz CT molecular complexity index is 1090. The number of hydrogen-bond acceptors (Lipinski definition) is 2. The molecule has 0 aliphatic carbocycles. The van der Waals surface area contributed by atoms with E-state index in [2.05, 4.69) is 60.0 Å². The van der Waals surface area contributed by atoms with Crippen LogP contribution in [0.1, 0.15) is 17.4 Å². The molecule has 2 nitrogen and oxygen atoms in total. The minimum absolute atomic E-state index is 0.712. The van der Waals surface area contributed by atoms with Gasteiger partial charge in [0.2, 0.25) is 0 Å². The van der Waals surface area contributed by atoms with Crippen LogP contribution >= 0.6 is 11.3 Å². The van der Waals surface area contributed by atoms with Crippen molar-refractivity contribution in [2.45, 2.75) is 13.5 Å². The molecule has 2 aromatic carbocycles. The molecule has 0 saturated carbocycles. The first-order valence-electron chi connectivity index (χ1n) is 7.98. The van der Waals surface area contributed by atoms with Gasteiger partial charge < -0.3 is 4.57 Å². The topological polar surface area (TPSA) is 28.7 Å². The van der Waals surface area contributed by atoms with Gasteiger partial charge in [-0.2, -0.15) is 5.26 Å². The summed E-state index contributed by atoms with van der Waals surface area (Å²) in [5.74, 6) is 0. The molecule has 0 unspecified atom stereocenters. The molecule has 116 valence electrons. The monoisotopic (exact) mass is 328 g/mol. The molecule has 0 bridgehead atoms. The van der Waals surface area contributed by atoms with Crippen LogP contribution in [0.4, 0.5) is 0 Å². The minimum atomic E-state index is 0.712. The second kappa shape index (κ2) is 5.99. The van der Waals surface area contributed by atoms with Crippen molar-refractivity contribution in [3.63, 3.8) is 0 Å². The van der Waals surface area contributed by atoms with Crippen LogP contribution in [0, 0.1) is 11.3 Å². The van der Waals surface area contributed by atoms with E-state index < -0.39 is 0 Å². The van der Waals surface area contributed by atoms with Crippen LogP contribution < -0.4 is 0 Å². The molecule has 0 atom stereocenters. The quantitative estimate of drug-likeness (QED) is 0.428. The lowest BCUT2D eigenvalue weighted by atomic mass is 10.1. The summed E-state index contributed by atoms with van der Waals surface area (Å²) in [5, 5.41) is 14.0. The van der Waals surface area contributed by atoms with Crippen LogP contribution in [-0.4, -0.2) is 4.57 Å². The lowest BCUT2D eigenvalue weighted by Crippen LogP contribution is -1.92. The van der Waals surface area contributed by atoms with Gasteiger partial charge in [-0.05, 0) is 48.2 Å². The fourth-order valence-corrected chi connectivity index (χ4v) is 3.95. The molecule has 0 spiro atoms. The maximum absolute atomic E-state index is 9.47. The Hall–Kier alpha value is -2.83. The molecule has 0 radical (unpaired) electrons. The summed E-state index contributed by atoms with van der Waals surface area (Å²) in [5.41, 5.74) is 4.27. The molecule has 0 N–H and O–H groups in total. The Balaban J connectivity index is 1.93. The van der Waals surface area contributed by atoms with Crippen LogP contribution in [0.3, 0.4) is 0 Å². The second-order valence-corrected chi connectivity index (χ2v) is 6.63. The standard InChI is InChI=1S/C21H16N2S/c1-2-23-19-7-4-3-6-17(19)18-13-15(9-10-20(18)23)12-16(14-22)21-8-5-11-24-21/h3-13H,2H2,1H3. The number of aryl methyl sites for hydroxylation is 1. The first kappa shape index (κ1) is 14.7. The summed E-state index contributed by atoms with van der Waals surface area (Å²) in [7, 11) is 0. The number of nitrogens with zero attached hydrogens (tertiary/aromatic N) is 2. The molecule has 4 aromatic rings. The van der Waals surface area contributed by atoms with Crippen molar-refractivity contribution in [1.82, 2.24) is 4.57 Å². The molecule has 2 aromatic heterocycles. The molecule has 2 heterocycles. The Labute approximate surface area is 144 Å². The number of para-hydroxylation sites is 1. The third kappa shape index (κ3) is 2.33. The highest BCUT2D eigenvalue weighted by Gasteiger charge is 2.09. The summed E-state index contributed by atoms with van der Waals surface area (Å²) >= 11 is 1.59. The Morgan fingerprint density at radius 3 is 2.67 bits per heavy atom. The van der Waals surface area contributed by atoms with Crippen LogP contribution in [0.2, 0.25) is 0 Å². The molecule has 4 rings (SSSR count). The third-order valence-electron chi connectivity index (χ3n) is 4.33. The molecule has 0 saturated heterocycles. The first-order chi connectivity index (χ1) is 11.8. The van der Waals surface area contributed by atoms with Gasteiger partial charge in [0, 0.05) is 33.2 Å². The van der Waals surface area contributed by atoms with Crippen LogP contribution in [0.5, 0.6) is 0 Å². The fraction of sp³-hybridized carbons (Fsp3) is 0.0952. The number of fused-ring (bicyclic) bond motifs is 3. The van der Waals surface area contributed by atoms with Gasteiger partial charge in [0.05, 0.1) is 5.57 Å². The number of benzene rings is 2. The minimum Gasteiger partial charge on any atom is -0.341 e. The molecule has 24 heavy (non-hydrogen) atoms. The smallest absolute Gasteiger partial charge is 0.101 e. The molecular formula is C21H16N2S. The van der Waals surface area contributed by atoms with Gasteiger partial charge >= 0.3 is 0 Å². The second-order valence-electron chi connectivity index (χ2n) is 5.69. The highest BCUT2D eigenvalue weighted by atomic mass is 32.1. The van der Waals surface area contributed by atoms with Crippen LogP contribution in [0.25, 0.3) is 33.5 Å². The van der Waals surface area contributed by atoms with Gasteiger partial charge in [-0.1, -0.05) is 30.3 Å². The van der Waals surface area contributed by atoms with E-state index in [0.29, 0.717) is 5.57 Å². The predicted octanol–water partition coefficient (Wildman–Crippen LogP) is 5.94. The van der Waals surface area contributed by atoms with Crippen LogP contribution in [-0.2, 0) is 6.54 Å². The van der Waals surface area contributed by atoms with E-state index in [1.807, 2.05) is 23.6 Å². The first-order valence-corrected chi connectivity index (χ1v) is 8.86. The Kier molecular flexibility index (Phi) is 3.68. The van der Waals surface area contributed by atoms with E-state index in [4.69, 9.17) is 0 Å². The van der Waals surface area contributed by atoms with Gasteiger partial charge in [0.25, 0.3) is 0 Å². The highest BCUT2D eigenvalue weighted by Crippen LogP contribution is 2.31. The third-order valence-corrected chi connectivity index (χ3v) is 5.23. The summed E-state index contributed by atoms with van der Waals surface area (Å²) in [6.45, 7) is 3.11. The van der Waals surface area contributed by atoms with Gasteiger partial charge in [-0.15, -0.1) is 11.3 Å². The van der Waals surface area contributed by atoms with E-state index in [9.17, 15) is 5.26 Å². The van der Waals surface area contributed by atoms with Crippen molar-refractivity contribution < 1.29 is 0 Å². The summed E-state index contributed by atoms with van der Waals surface area (Å²) in [6, 6.07) is 21.2. The van der Waals surface area contributed by atoms with E-state index in [1.165, 1.54) is 21.8 Å². The fourth-order valence-electron chi connectivity index (χ4n) is 3.26. The molecule has 0 fully saturated rings. The Morgan fingerprint density at radius 1 is 1.08 bits per heavy atom. The van der Waals surface area contributed by atoms with Crippen molar-refractivity contribution in [3.05, 3.63) is 70.4 Å². The van der Waals surface area contributed by atoms with Crippen molar-refractivity contribution in [2.75, 3.05) is 0 Å². The zero-order valence-corrected chi connectivity index (χ0v) is 14.2. The average Bonchev–Trinajstić information content (AvgIpc) is 3.25. The van der Waals surface area contributed by atoms with Crippen molar-refractivity contribution in [2.24, 2.45) is 0 Å². The van der Waals surface area contributed by atoms with E-state index >= 15 is 0 Å². The van der Waals surface area contributed by atoms with Gasteiger partial charge in [0.1, 0.15) is 6.07 Å². The maximum atomic E-state index is 9.47. The number of thiophene rings is 1. The molecule has 0 aliphatic heterocycles. The lowest BCUT2D eigenvalue weighted by molar-refractivity contribution is 0.827. The predicted molar refractivity (Wildman–Crippen MR) is 103 cm³/mol. The number of hydrogen-bond donors (Lipinski definition) is 0. The van der Waals surface area contributed by atoms with E-state index in [1.54, 1.807) is 11.3 Å². The van der Waals surface area contributed by atoms with E-state index in [0.717, 1.165) is 17.0 Å². The summed E-state index contributed by atoms with van der Waals surface area (Å²) in [6.07, 6.45) is 1.98. The number of nitriles is 1. The molecule has 3 heteroatoms. The summed E-state index contributed by atoms with van der Waals surface area (Å²) < 4.78 is 2.34. The molecule has 0 aliphatic rings. The normalized spacial score (nSPS) is 11.9. The van der Waals surface area contributed by atoms with Gasteiger partial charge in [0.15, 0.2) is 0 Å². The molecule has 0 amide bonds. The van der Waals surface area contributed by atoms with Crippen LogP contribution in [0.15, 0.2) is 60.0 Å². The van der Waals surface area contributed by atoms with Crippen molar-refractivity contribution >= 4 is 44.8 Å². The maximum Gasteiger partial charge on any atom is 0.101 e. The zero-order chi connectivity index (χ0) is 16.5. The number of rotatable bonds is 3. The lowest BCUT2D eigenvalue weighted by Gasteiger charge is -2.03. The van der Waals surface area contributed by atoms with Gasteiger partial charge in [-0.25, -0.2) is 0 Å². The number of allylic oxidation sites excluding steroid dienone is 1.